The van der Waals surface area contributed by atoms with Gasteiger partial charge in [0.2, 0.25) is 0 Å². The van der Waals surface area contributed by atoms with Crippen molar-refractivity contribution in [2.75, 3.05) is 0 Å². The number of fused-ring (bicyclic) bond motifs is 1. The van der Waals surface area contributed by atoms with Crippen LogP contribution >= 0.6 is 23.1 Å². The van der Waals surface area contributed by atoms with Crippen molar-refractivity contribution in [3.63, 3.8) is 0 Å². The van der Waals surface area contributed by atoms with Gasteiger partial charge in [-0.2, -0.15) is 0 Å². The first kappa shape index (κ1) is 9.00. The van der Waals surface area contributed by atoms with Crippen LogP contribution in [0.2, 0.25) is 0 Å². The van der Waals surface area contributed by atoms with Crippen molar-refractivity contribution in [1.29, 1.82) is 0 Å². The molecule has 0 aliphatic heterocycles. The minimum absolute atomic E-state index is 1.08. The molecule has 2 heterocycles. The summed E-state index contributed by atoms with van der Waals surface area (Å²) in [5.41, 5.74) is 2.95. The first-order valence-electron chi connectivity index (χ1n) is 4.57. The predicted molar refractivity (Wildman–Crippen MR) is 64.5 cm³/mol. The summed E-state index contributed by atoms with van der Waals surface area (Å²) in [4.78, 5) is 11.1. The molecule has 2 aromatic heterocycles. The van der Waals surface area contributed by atoms with E-state index in [1.54, 1.807) is 23.1 Å². The number of aromatic nitrogens is 2. The quantitative estimate of drug-likeness (QED) is 0.728. The zero-order valence-corrected chi connectivity index (χ0v) is 9.44. The SMILES string of the molecule is c1ccc(Sc2c[nH]c3scnc23)cc1. The van der Waals surface area contributed by atoms with Crippen molar-refractivity contribution in [1.82, 2.24) is 9.97 Å². The lowest BCUT2D eigenvalue weighted by Gasteiger charge is -1.96. The summed E-state index contributed by atoms with van der Waals surface area (Å²) in [5.74, 6) is 0. The van der Waals surface area contributed by atoms with Gasteiger partial charge in [0.1, 0.15) is 10.3 Å². The Bertz CT molecular complexity index is 568. The molecule has 1 N–H and O–H groups in total. The van der Waals surface area contributed by atoms with Crippen LogP contribution < -0.4 is 0 Å². The molecule has 0 atom stereocenters. The maximum Gasteiger partial charge on any atom is 0.121 e. The number of benzene rings is 1. The molecule has 1 aromatic carbocycles. The second kappa shape index (κ2) is 3.72. The molecular weight excluding hydrogens is 224 g/mol. The Hall–Kier alpha value is -1.26. The molecule has 0 saturated carbocycles. The van der Waals surface area contributed by atoms with Crippen molar-refractivity contribution >= 4 is 33.4 Å². The van der Waals surface area contributed by atoms with Crippen LogP contribution in [-0.2, 0) is 0 Å². The second-order valence-electron chi connectivity index (χ2n) is 3.10. The largest absolute Gasteiger partial charge is 0.350 e. The van der Waals surface area contributed by atoms with E-state index in [1.165, 1.54) is 9.79 Å². The fourth-order valence-electron chi connectivity index (χ4n) is 1.42. The van der Waals surface area contributed by atoms with Gasteiger partial charge in [0.25, 0.3) is 0 Å². The Balaban J connectivity index is 1.99. The zero-order valence-electron chi connectivity index (χ0n) is 7.81. The van der Waals surface area contributed by atoms with Crippen LogP contribution in [0.5, 0.6) is 0 Å². The van der Waals surface area contributed by atoms with Crippen molar-refractivity contribution < 1.29 is 0 Å². The van der Waals surface area contributed by atoms with Crippen LogP contribution in [0.3, 0.4) is 0 Å². The summed E-state index contributed by atoms with van der Waals surface area (Å²) >= 11 is 3.38. The predicted octanol–water partition coefficient (Wildman–Crippen LogP) is 3.78. The third-order valence-electron chi connectivity index (χ3n) is 2.11. The number of rotatable bonds is 2. The van der Waals surface area contributed by atoms with E-state index < -0.39 is 0 Å². The van der Waals surface area contributed by atoms with Gasteiger partial charge in [-0.1, -0.05) is 30.0 Å². The van der Waals surface area contributed by atoms with Crippen molar-refractivity contribution in [3.05, 3.63) is 42.0 Å². The van der Waals surface area contributed by atoms with Gasteiger partial charge in [0.15, 0.2) is 0 Å². The smallest absolute Gasteiger partial charge is 0.121 e. The molecule has 4 heteroatoms. The Kier molecular flexibility index (Phi) is 2.23. The number of aromatic amines is 1. The molecule has 15 heavy (non-hydrogen) atoms. The van der Waals surface area contributed by atoms with Gasteiger partial charge < -0.3 is 4.98 Å². The standard InChI is InChI=1S/C11H8N2S2/c1-2-4-8(5-3-1)15-9-6-12-11-10(9)13-7-14-11/h1-7,12H. The van der Waals surface area contributed by atoms with Crippen LogP contribution in [0.4, 0.5) is 0 Å². The van der Waals surface area contributed by atoms with Gasteiger partial charge in [0.05, 0.1) is 10.4 Å². The number of nitrogens with zero attached hydrogens (tertiary/aromatic N) is 1. The highest BCUT2D eigenvalue weighted by atomic mass is 32.2. The molecule has 0 amide bonds. The minimum Gasteiger partial charge on any atom is -0.350 e. The van der Waals surface area contributed by atoms with Gasteiger partial charge >= 0.3 is 0 Å². The maximum atomic E-state index is 4.34. The molecule has 0 fully saturated rings. The van der Waals surface area contributed by atoms with Crippen molar-refractivity contribution in [2.45, 2.75) is 9.79 Å². The highest BCUT2D eigenvalue weighted by molar-refractivity contribution is 7.99. The number of hydrogen-bond donors (Lipinski definition) is 1. The van der Waals surface area contributed by atoms with E-state index in [1.807, 2.05) is 29.9 Å². The Labute approximate surface area is 95.4 Å². The van der Waals surface area contributed by atoms with Gasteiger partial charge in [-0.3, -0.25) is 0 Å². The lowest BCUT2D eigenvalue weighted by atomic mass is 10.4. The van der Waals surface area contributed by atoms with Crippen LogP contribution in [-0.4, -0.2) is 9.97 Å². The van der Waals surface area contributed by atoms with Gasteiger partial charge in [-0.25, -0.2) is 4.98 Å². The Morgan fingerprint density at radius 2 is 2.07 bits per heavy atom. The van der Waals surface area contributed by atoms with E-state index >= 15 is 0 Å². The molecule has 0 unspecified atom stereocenters. The van der Waals surface area contributed by atoms with E-state index in [9.17, 15) is 0 Å². The molecular formula is C11H8N2S2. The molecule has 0 radical (unpaired) electrons. The molecule has 0 aliphatic carbocycles. The number of hydrogen-bond acceptors (Lipinski definition) is 3. The number of nitrogens with one attached hydrogen (secondary N) is 1. The maximum absolute atomic E-state index is 4.34. The molecule has 3 rings (SSSR count). The first-order chi connectivity index (χ1) is 7.43. The highest BCUT2D eigenvalue weighted by Crippen LogP contribution is 2.33. The van der Waals surface area contributed by atoms with Crippen molar-refractivity contribution in [3.8, 4) is 0 Å². The van der Waals surface area contributed by atoms with Gasteiger partial charge in [-0.05, 0) is 12.1 Å². The second-order valence-corrected chi connectivity index (χ2v) is 5.07. The fraction of sp³-hybridized carbons (Fsp3) is 0. The molecule has 74 valence electrons. The zero-order chi connectivity index (χ0) is 10.1. The van der Waals surface area contributed by atoms with E-state index in [4.69, 9.17) is 0 Å². The molecule has 0 spiro atoms. The van der Waals surface area contributed by atoms with Crippen LogP contribution in [0.15, 0.2) is 51.8 Å². The van der Waals surface area contributed by atoms with Gasteiger partial charge in [0, 0.05) is 11.1 Å². The van der Waals surface area contributed by atoms with Crippen LogP contribution in [0.1, 0.15) is 0 Å². The van der Waals surface area contributed by atoms with Crippen LogP contribution in [0.25, 0.3) is 10.3 Å². The number of thiazole rings is 1. The topological polar surface area (TPSA) is 28.7 Å². The summed E-state index contributed by atoms with van der Waals surface area (Å²) in [5, 5.41) is 0. The lowest BCUT2D eigenvalue weighted by molar-refractivity contribution is 1.37. The Morgan fingerprint density at radius 3 is 2.93 bits per heavy atom. The average molecular weight is 232 g/mol. The third-order valence-corrected chi connectivity index (χ3v) is 3.90. The molecule has 3 aromatic rings. The van der Waals surface area contributed by atoms with E-state index in [0.29, 0.717) is 0 Å². The first-order valence-corrected chi connectivity index (χ1v) is 6.26. The van der Waals surface area contributed by atoms with Crippen molar-refractivity contribution in [2.24, 2.45) is 0 Å². The minimum atomic E-state index is 1.08. The lowest BCUT2D eigenvalue weighted by Crippen LogP contribution is -1.70. The normalized spacial score (nSPS) is 10.9. The molecule has 0 aliphatic rings. The molecule has 2 nitrogen and oxygen atoms in total. The Morgan fingerprint density at radius 1 is 1.20 bits per heavy atom. The monoisotopic (exact) mass is 232 g/mol. The average Bonchev–Trinajstić information content (AvgIpc) is 2.85. The fourth-order valence-corrected chi connectivity index (χ4v) is 3.06. The summed E-state index contributed by atoms with van der Waals surface area (Å²) in [6, 6.07) is 10.3. The summed E-state index contributed by atoms with van der Waals surface area (Å²) in [6.07, 6.45) is 2.02. The van der Waals surface area contributed by atoms with Gasteiger partial charge in [-0.15, -0.1) is 11.3 Å². The number of H-pyrrole nitrogens is 1. The molecule has 0 saturated heterocycles. The van der Waals surface area contributed by atoms with E-state index in [-0.39, 0.29) is 0 Å². The van der Waals surface area contributed by atoms with E-state index in [0.717, 1.165) is 10.3 Å². The summed E-state index contributed by atoms with van der Waals surface area (Å²) in [6.45, 7) is 0. The van der Waals surface area contributed by atoms with E-state index in [2.05, 4.69) is 22.1 Å². The van der Waals surface area contributed by atoms with Crippen LogP contribution in [0, 0.1) is 0 Å². The highest BCUT2D eigenvalue weighted by Gasteiger charge is 2.06. The third kappa shape index (κ3) is 1.66. The summed E-state index contributed by atoms with van der Waals surface area (Å²) in [7, 11) is 0. The summed E-state index contributed by atoms with van der Waals surface area (Å²) < 4.78 is 0. The molecule has 0 bridgehead atoms.